The van der Waals surface area contributed by atoms with Crippen LogP contribution in [0.2, 0.25) is 0 Å². The topological polar surface area (TPSA) is 177 Å². The van der Waals surface area contributed by atoms with Gasteiger partial charge in [0, 0.05) is 31.3 Å². The van der Waals surface area contributed by atoms with Gasteiger partial charge in [0.25, 0.3) is 0 Å². The van der Waals surface area contributed by atoms with Crippen molar-refractivity contribution in [3.8, 4) is 0 Å². The summed E-state index contributed by atoms with van der Waals surface area (Å²) in [5, 5.41) is 33.1. The first kappa shape index (κ1) is 35.5. The lowest BCUT2D eigenvalue weighted by Crippen LogP contribution is -2.62. The molecule has 4 rings (SSSR count). The second-order valence-electron chi connectivity index (χ2n) is 12.9. The maximum atomic E-state index is 12.8. The summed E-state index contributed by atoms with van der Waals surface area (Å²) in [7, 11) is 1.20. The molecule has 45 heavy (non-hydrogen) atoms. The van der Waals surface area contributed by atoms with Crippen molar-refractivity contribution < 1.29 is 62.9 Å². The highest BCUT2D eigenvalue weighted by molar-refractivity contribution is 5.83. The minimum absolute atomic E-state index is 0.0114. The molecule has 6 bridgehead atoms. The van der Waals surface area contributed by atoms with Crippen molar-refractivity contribution in [2.45, 2.75) is 133 Å². The number of carbonyl (C=O) groups excluding carboxylic acids is 3. The minimum atomic E-state index is -2.24. The summed E-state index contributed by atoms with van der Waals surface area (Å²) in [5.41, 5.74) is -1.06. The summed E-state index contributed by atoms with van der Waals surface area (Å²) >= 11 is 0. The normalized spacial score (nSPS) is 39.6. The predicted molar refractivity (Wildman–Crippen MR) is 156 cm³/mol. The number of esters is 3. The summed E-state index contributed by atoms with van der Waals surface area (Å²) < 4.78 is 40.5. The number of rotatable bonds is 3. The van der Waals surface area contributed by atoms with Crippen molar-refractivity contribution >= 4 is 17.9 Å². The molecule has 4 aliphatic heterocycles. The maximum absolute atomic E-state index is 12.8. The number of hydrogen-bond acceptors (Lipinski definition) is 13. The van der Waals surface area contributed by atoms with Crippen LogP contribution in [0.1, 0.15) is 78.6 Å². The zero-order valence-corrected chi connectivity index (χ0v) is 26.6. The minimum Gasteiger partial charge on any atom is -0.466 e. The van der Waals surface area contributed by atoms with Crippen LogP contribution in [0.3, 0.4) is 0 Å². The van der Waals surface area contributed by atoms with Crippen molar-refractivity contribution in [2.75, 3.05) is 20.3 Å². The van der Waals surface area contributed by atoms with E-state index < -0.39 is 66.4 Å². The summed E-state index contributed by atoms with van der Waals surface area (Å²) in [6.45, 7) is 4.41. The van der Waals surface area contributed by atoms with E-state index in [0.717, 1.165) is 25.3 Å². The lowest BCUT2D eigenvalue weighted by molar-refractivity contribution is -0.327. The zero-order chi connectivity index (χ0) is 32.8. The lowest BCUT2D eigenvalue weighted by atomic mass is 9.74. The van der Waals surface area contributed by atoms with Crippen molar-refractivity contribution in [1.82, 2.24) is 0 Å². The van der Waals surface area contributed by atoms with Gasteiger partial charge in [0.05, 0.1) is 57.3 Å². The summed E-state index contributed by atoms with van der Waals surface area (Å²) in [6.07, 6.45) is 2.69. The molecular weight excluding hydrogens is 592 g/mol. The fourth-order valence-electron chi connectivity index (χ4n) is 6.48. The van der Waals surface area contributed by atoms with Gasteiger partial charge in [0.1, 0.15) is 6.10 Å². The third-order valence-corrected chi connectivity index (χ3v) is 8.86. The number of methoxy groups -OCH3 is 1. The molecule has 0 saturated carbocycles. The van der Waals surface area contributed by atoms with Gasteiger partial charge in [-0.25, -0.2) is 4.79 Å². The van der Waals surface area contributed by atoms with E-state index >= 15 is 0 Å². The Kier molecular flexibility index (Phi) is 12.2. The molecule has 4 heterocycles. The Morgan fingerprint density at radius 2 is 1.76 bits per heavy atom. The number of ether oxygens (including phenoxy) is 7. The van der Waals surface area contributed by atoms with Gasteiger partial charge in [-0.05, 0) is 50.2 Å². The SMILES string of the molecule is COC(=O)/C=C1\CC2C[C@H](CO)OC(=O)C[C@H](O)C[C@@H]3CCC[C@H](C[C@@H]4CCO[C@H](/C=C/C(C)(C)[C@](O)(O2)[C@H]1OC(C)=O)O4)O3. The van der Waals surface area contributed by atoms with Crippen molar-refractivity contribution in [3.63, 3.8) is 0 Å². The number of fused-ring (bicyclic) bond motifs is 6. The highest BCUT2D eigenvalue weighted by Crippen LogP contribution is 2.46. The number of cyclic esters (lactones) is 1. The molecule has 0 amide bonds. The Morgan fingerprint density at radius 3 is 2.44 bits per heavy atom. The molecule has 4 aliphatic rings. The first-order valence-electron chi connectivity index (χ1n) is 15.8. The van der Waals surface area contributed by atoms with Gasteiger partial charge in [-0.1, -0.05) is 19.9 Å². The first-order valence-corrected chi connectivity index (χ1v) is 15.8. The molecule has 0 aromatic carbocycles. The van der Waals surface area contributed by atoms with Gasteiger partial charge in [0.2, 0.25) is 5.79 Å². The summed E-state index contributed by atoms with van der Waals surface area (Å²) in [4.78, 5) is 37.4. The van der Waals surface area contributed by atoms with Crippen LogP contribution in [0, 0.1) is 5.41 Å². The summed E-state index contributed by atoms with van der Waals surface area (Å²) in [6, 6.07) is 0. The Balaban J connectivity index is 1.70. The average molecular weight is 641 g/mol. The van der Waals surface area contributed by atoms with Gasteiger partial charge in [-0.15, -0.1) is 0 Å². The Labute approximate surface area is 263 Å². The molecule has 3 N–H and O–H groups in total. The fraction of sp³-hybridized carbons (Fsp3) is 0.781. The van der Waals surface area contributed by atoms with Crippen LogP contribution in [0.4, 0.5) is 0 Å². The van der Waals surface area contributed by atoms with Gasteiger partial charge >= 0.3 is 17.9 Å². The third-order valence-electron chi connectivity index (χ3n) is 8.86. The van der Waals surface area contributed by atoms with Crippen LogP contribution in [-0.2, 0) is 47.5 Å². The molecule has 0 spiro atoms. The van der Waals surface area contributed by atoms with Gasteiger partial charge < -0.3 is 48.5 Å². The predicted octanol–water partition coefficient (Wildman–Crippen LogP) is 1.99. The standard InChI is InChI=1S/C32H48O13/c1-19(34)41-30-20(13-27(36)39-4)12-25-17-26(18-33)43-28(37)15-21(35)14-22-6-5-7-23(42-22)16-24-9-11-40-29(44-24)8-10-31(2,3)32(30,38)45-25/h8,10,13,21-26,29-30,33,35,38H,5-7,9,11-12,14-18H2,1-4H3/b10-8+,20-13+/t21-,22+,23-,24+,25?,26-,29+,30+,32-/m1/s1. The van der Waals surface area contributed by atoms with E-state index in [1.165, 1.54) is 14.0 Å². The molecule has 254 valence electrons. The van der Waals surface area contributed by atoms with Crippen molar-refractivity contribution in [2.24, 2.45) is 5.41 Å². The molecular formula is C32H48O13. The molecule has 13 heteroatoms. The van der Waals surface area contributed by atoms with Crippen LogP contribution in [-0.4, -0.2) is 108 Å². The van der Waals surface area contributed by atoms with Crippen molar-refractivity contribution in [1.29, 1.82) is 0 Å². The van der Waals surface area contributed by atoms with E-state index in [4.69, 9.17) is 33.2 Å². The second-order valence-corrected chi connectivity index (χ2v) is 12.9. The first-order chi connectivity index (χ1) is 21.3. The largest absolute Gasteiger partial charge is 0.466 e. The Hall–Kier alpha value is -2.39. The highest BCUT2D eigenvalue weighted by Gasteiger charge is 2.57. The molecule has 0 aromatic heterocycles. The quantitative estimate of drug-likeness (QED) is 0.177. The Morgan fingerprint density at radius 1 is 1.04 bits per heavy atom. The van der Waals surface area contributed by atoms with E-state index in [9.17, 15) is 29.7 Å². The van der Waals surface area contributed by atoms with Crippen LogP contribution in [0.25, 0.3) is 0 Å². The molecule has 13 nitrogen and oxygen atoms in total. The molecule has 3 saturated heterocycles. The monoisotopic (exact) mass is 640 g/mol. The Bertz CT molecular complexity index is 1100. The number of carbonyl (C=O) groups is 3. The number of aliphatic hydroxyl groups excluding tert-OH is 2. The van der Waals surface area contributed by atoms with E-state index in [1.54, 1.807) is 26.0 Å². The molecule has 0 aromatic rings. The highest BCUT2D eigenvalue weighted by atomic mass is 16.7. The molecule has 9 atom stereocenters. The summed E-state index contributed by atoms with van der Waals surface area (Å²) in [5.74, 6) is -4.39. The second kappa shape index (κ2) is 15.5. The van der Waals surface area contributed by atoms with Gasteiger partial charge in [-0.3, -0.25) is 9.59 Å². The fourth-order valence-corrected chi connectivity index (χ4v) is 6.48. The zero-order valence-electron chi connectivity index (χ0n) is 26.6. The van der Waals surface area contributed by atoms with E-state index in [0.29, 0.717) is 19.4 Å². The number of hydrogen-bond donors (Lipinski definition) is 3. The van der Waals surface area contributed by atoms with Crippen LogP contribution in [0.15, 0.2) is 23.8 Å². The lowest BCUT2D eigenvalue weighted by Gasteiger charge is -2.50. The smallest absolute Gasteiger partial charge is 0.330 e. The van der Waals surface area contributed by atoms with Gasteiger partial charge in [0.15, 0.2) is 12.4 Å². The van der Waals surface area contributed by atoms with Crippen molar-refractivity contribution in [3.05, 3.63) is 23.8 Å². The maximum Gasteiger partial charge on any atom is 0.330 e. The van der Waals surface area contributed by atoms with Crippen LogP contribution < -0.4 is 0 Å². The van der Waals surface area contributed by atoms with Gasteiger partial charge in [-0.2, -0.15) is 0 Å². The third kappa shape index (κ3) is 9.34. The van der Waals surface area contributed by atoms with E-state index in [2.05, 4.69) is 0 Å². The average Bonchev–Trinajstić information content (AvgIpc) is 2.97. The molecule has 0 aliphatic carbocycles. The van der Waals surface area contributed by atoms with Crippen LogP contribution >= 0.6 is 0 Å². The van der Waals surface area contributed by atoms with Crippen LogP contribution in [0.5, 0.6) is 0 Å². The number of aliphatic hydroxyl groups is 3. The molecule has 3 fully saturated rings. The van der Waals surface area contributed by atoms with E-state index in [-0.39, 0.29) is 49.6 Å². The molecule has 0 radical (unpaired) electrons. The molecule has 1 unspecified atom stereocenters. The van der Waals surface area contributed by atoms with E-state index in [1.807, 2.05) is 0 Å².